The molecule has 15 heavy (non-hydrogen) atoms. The smallest absolute Gasteiger partial charge is 0.0675 e. The molecule has 2 N–H and O–H groups in total. The van der Waals surface area contributed by atoms with E-state index in [1.807, 2.05) is 0 Å². The van der Waals surface area contributed by atoms with Crippen molar-refractivity contribution in [2.75, 3.05) is 20.3 Å². The maximum absolute atomic E-state index is 5.57. The van der Waals surface area contributed by atoms with Gasteiger partial charge in [-0.1, -0.05) is 18.9 Å². The Hall–Kier alpha value is -0.340. The molecule has 1 aliphatic rings. The molecule has 1 rings (SSSR count). The number of nitrogens with two attached hydrogens (primary N) is 1. The van der Waals surface area contributed by atoms with E-state index in [0.29, 0.717) is 0 Å². The van der Waals surface area contributed by atoms with Gasteiger partial charge >= 0.3 is 0 Å². The Morgan fingerprint density at radius 2 is 2.33 bits per heavy atom. The van der Waals surface area contributed by atoms with Gasteiger partial charge in [-0.25, -0.2) is 0 Å². The summed E-state index contributed by atoms with van der Waals surface area (Å²) in [6, 6.07) is 0. The first-order valence-corrected chi connectivity index (χ1v) is 6.16. The van der Waals surface area contributed by atoms with Gasteiger partial charge in [0.1, 0.15) is 0 Å². The van der Waals surface area contributed by atoms with E-state index in [9.17, 15) is 0 Å². The Morgan fingerprint density at radius 3 is 2.93 bits per heavy atom. The zero-order chi connectivity index (χ0) is 11.1. The lowest BCUT2D eigenvalue weighted by molar-refractivity contribution is 0.220. The van der Waals surface area contributed by atoms with Crippen molar-refractivity contribution in [3.05, 3.63) is 11.1 Å². The minimum absolute atomic E-state index is 0.788. The van der Waals surface area contributed by atoms with Crippen LogP contribution < -0.4 is 5.73 Å². The van der Waals surface area contributed by atoms with E-state index in [-0.39, 0.29) is 0 Å². The van der Waals surface area contributed by atoms with Crippen LogP contribution in [0.25, 0.3) is 0 Å². The SMILES string of the molecule is COCC(CCCN)=C1CCCC(C)C1. The monoisotopic (exact) mass is 211 g/mol. The number of ether oxygens (including phenoxy) is 1. The predicted molar refractivity (Wildman–Crippen MR) is 64.8 cm³/mol. The van der Waals surface area contributed by atoms with Gasteiger partial charge in [0.05, 0.1) is 6.61 Å². The van der Waals surface area contributed by atoms with Gasteiger partial charge in [0.25, 0.3) is 0 Å². The molecule has 0 aliphatic heterocycles. The van der Waals surface area contributed by atoms with Gasteiger partial charge in [-0.3, -0.25) is 0 Å². The first-order chi connectivity index (χ1) is 7.27. The Labute approximate surface area is 93.9 Å². The highest BCUT2D eigenvalue weighted by Gasteiger charge is 2.15. The van der Waals surface area contributed by atoms with Crippen molar-refractivity contribution in [3.63, 3.8) is 0 Å². The zero-order valence-corrected chi connectivity index (χ0v) is 10.2. The average Bonchev–Trinajstić information content (AvgIpc) is 2.24. The summed E-state index contributed by atoms with van der Waals surface area (Å²) in [6.07, 6.45) is 7.53. The van der Waals surface area contributed by atoms with Crippen LogP contribution in [0.15, 0.2) is 11.1 Å². The average molecular weight is 211 g/mol. The molecule has 2 nitrogen and oxygen atoms in total. The molecule has 0 aromatic rings. The van der Waals surface area contributed by atoms with Crippen LogP contribution in [0.5, 0.6) is 0 Å². The van der Waals surface area contributed by atoms with E-state index in [1.54, 1.807) is 12.7 Å². The van der Waals surface area contributed by atoms with E-state index in [4.69, 9.17) is 10.5 Å². The fourth-order valence-electron chi connectivity index (χ4n) is 2.45. The normalized spacial score (nSPS) is 25.4. The molecular weight excluding hydrogens is 186 g/mol. The number of allylic oxidation sites excluding steroid dienone is 1. The zero-order valence-electron chi connectivity index (χ0n) is 10.2. The van der Waals surface area contributed by atoms with Gasteiger partial charge in [-0.2, -0.15) is 0 Å². The highest BCUT2D eigenvalue weighted by molar-refractivity contribution is 5.17. The van der Waals surface area contributed by atoms with E-state index in [2.05, 4.69) is 6.92 Å². The van der Waals surface area contributed by atoms with Crippen molar-refractivity contribution < 1.29 is 4.74 Å². The lowest BCUT2D eigenvalue weighted by atomic mass is 9.83. The van der Waals surface area contributed by atoms with Crippen molar-refractivity contribution >= 4 is 0 Å². The molecule has 1 atom stereocenters. The molecule has 0 heterocycles. The van der Waals surface area contributed by atoms with Crippen LogP contribution in [0.2, 0.25) is 0 Å². The largest absolute Gasteiger partial charge is 0.380 e. The van der Waals surface area contributed by atoms with Crippen LogP contribution in [0.4, 0.5) is 0 Å². The minimum Gasteiger partial charge on any atom is -0.380 e. The quantitative estimate of drug-likeness (QED) is 0.710. The molecule has 1 aliphatic carbocycles. The second-order valence-corrected chi connectivity index (χ2v) is 4.73. The topological polar surface area (TPSA) is 35.2 Å². The predicted octanol–water partition coefficient (Wildman–Crippen LogP) is 2.88. The summed E-state index contributed by atoms with van der Waals surface area (Å²) < 4.78 is 5.29. The fraction of sp³-hybridized carbons (Fsp3) is 0.846. The Balaban J connectivity index is 2.59. The summed E-state index contributed by atoms with van der Waals surface area (Å²) in [5.41, 5.74) is 8.75. The van der Waals surface area contributed by atoms with Gasteiger partial charge in [-0.05, 0) is 50.1 Å². The Morgan fingerprint density at radius 1 is 1.53 bits per heavy atom. The summed E-state index contributed by atoms with van der Waals surface area (Å²) in [5.74, 6) is 0.860. The Bertz CT molecular complexity index is 211. The maximum atomic E-state index is 5.57. The van der Waals surface area contributed by atoms with Crippen LogP contribution in [-0.4, -0.2) is 20.3 Å². The molecule has 2 heteroatoms. The summed E-state index contributed by atoms with van der Waals surface area (Å²) in [4.78, 5) is 0. The summed E-state index contributed by atoms with van der Waals surface area (Å²) >= 11 is 0. The van der Waals surface area contributed by atoms with E-state index in [1.165, 1.54) is 31.3 Å². The molecule has 0 spiro atoms. The van der Waals surface area contributed by atoms with Crippen LogP contribution in [-0.2, 0) is 4.74 Å². The summed E-state index contributed by atoms with van der Waals surface area (Å²) in [6.45, 7) is 3.95. The highest BCUT2D eigenvalue weighted by atomic mass is 16.5. The first-order valence-electron chi connectivity index (χ1n) is 6.16. The summed E-state index contributed by atoms with van der Waals surface area (Å²) in [5, 5.41) is 0. The van der Waals surface area contributed by atoms with Gasteiger partial charge in [0.2, 0.25) is 0 Å². The lowest BCUT2D eigenvalue weighted by Gasteiger charge is -2.24. The first kappa shape index (κ1) is 12.7. The van der Waals surface area contributed by atoms with Crippen molar-refractivity contribution in [2.24, 2.45) is 11.7 Å². The Kier molecular flexibility index (Phi) is 5.96. The van der Waals surface area contributed by atoms with Crippen LogP contribution in [0, 0.1) is 5.92 Å². The van der Waals surface area contributed by atoms with E-state index < -0.39 is 0 Å². The molecule has 1 unspecified atom stereocenters. The standard InChI is InChI=1S/C13H25NO/c1-11-5-3-6-12(9-11)13(10-15-2)7-4-8-14/h11H,3-10,14H2,1-2H3. The van der Waals surface area contributed by atoms with Crippen LogP contribution in [0.1, 0.15) is 45.4 Å². The van der Waals surface area contributed by atoms with Gasteiger partial charge in [0, 0.05) is 7.11 Å². The van der Waals surface area contributed by atoms with Crippen molar-refractivity contribution in [1.29, 1.82) is 0 Å². The number of hydrogen-bond acceptors (Lipinski definition) is 2. The molecule has 0 aromatic carbocycles. The molecule has 1 saturated carbocycles. The van der Waals surface area contributed by atoms with Crippen molar-refractivity contribution in [3.8, 4) is 0 Å². The third kappa shape index (κ3) is 4.35. The van der Waals surface area contributed by atoms with Crippen LogP contribution >= 0.6 is 0 Å². The molecule has 0 amide bonds. The molecule has 1 fully saturated rings. The van der Waals surface area contributed by atoms with Crippen molar-refractivity contribution in [1.82, 2.24) is 0 Å². The highest BCUT2D eigenvalue weighted by Crippen LogP contribution is 2.31. The molecule has 88 valence electrons. The maximum Gasteiger partial charge on any atom is 0.0675 e. The third-order valence-corrected chi connectivity index (χ3v) is 3.27. The second-order valence-electron chi connectivity index (χ2n) is 4.73. The number of rotatable bonds is 5. The second kappa shape index (κ2) is 7.02. The minimum atomic E-state index is 0.788. The van der Waals surface area contributed by atoms with E-state index >= 15 is 0 Å². The lowest BCUT2D eigenvalue weighted by Crippen LogP contribution is -2.10. The van der Waals surface area contributed by atoms with Gasteiger partial charge < -0.3 is 10.5 Å². The van der Waals surface area contributed by atoms with Crippen LogP contribution in [0.3, 0.4) is 0 Å². The molecule has 0 saturated heterocycles. The molecule has 0 bridgehead atoms. The summed E-state index contributed by atoms with van der Waals surface area (Å²) in [7, 11) is 1.79. The molecular formula is C13H25NO. The number of methoxy groups -OCH3 is 1. The van der Waals surface area contributed by atoms with E-state index in [0.717, 1.165) is 31.9 Å². The van der Waals surface area contributed by atoms with Gasteiger partial charge in [-0.15, -0.1) is 0 Å². The molecule has 0 radical (unpaired) electrons. The van der Waals surface area contributed by atoms with Crippen molar-refractivity contribution in [2.45, 2.75) is 45.4 Å². The molecule has 0 aromatic heterocycles. The third-order valence-electron chi connectivity index (χ3n) is 3.27. The fourth-order valence-corrected chi connectivity index (χ4v) is 2.45. The van der Waals surface area contributed by atoms with Gasteiger partial charge in [0.15, 0.2) is 0 Å². The number of hydrogen-bond donors (Lipinski definition) is 1.